The van der Waals surface area contributed by atoms with Crippen molar-refractivity contribution in [2.24, 2.45) is 4.99 Å². The van der Waals surface area contributed by atoms with Crippen LogP contribution in [-0.4, -0.2) is 49.1 Å². The van der Waals surface area contributed by atoms with Crippen LogP contribution >= 0.6 is 11.3 Å². The molecule has 0 saturated heterocycles. The molecule has 1 aromatic heterocycles. The van der Waals surface area contributed by atoms with E-state index in [1.807, 2.05) is 6.20 Å². The molecule has 6 heteroatoms. The topological polar surface area (TPSA) is 52.5 Å². The highest BCUT2D eigenvalue weighted by Gasteiger charge is 2.02. The van der Waals surface area contributed by atoms with Crippen molar-refractivity contribution in [1.29, 1.82) is 0 Å². The van der Waals surface area contributed by atoms with Gasteiger partial charge in [-0.2, -0.15) is 0 Å². The van der Waals surface area contributed by atoms with Gasteiger partial charge in [0.2, 0.25) is 0 Å². The van der Waals surface area contributed by atoms with E-state index in [9.17, 15) is 0 Å². The minimum Gasteiger partial charge on any atom is -0.356 e. The number of nitrogens with one attached hydrogen (secondary N) is 2. The molecule has 0 aliphatic heterocycles. The minimum atomic E-state index is 0.734. The van der Waals surface area contributed by atoms with Gasteiger partial charge in [-0.25, -0.2) is 4.98 Å². The predicted octanol–water partition coefficient (Wildman–Crippen LogP) is 2.24. The van der Waals surface area contributed by atoms with Crippen LogP contribution in [0.2, 0.25) is 0 Å². The van der Waals surface area contributed by atoms with E-state index >= 15 is 0 Å². The zero-order valence-corrected chi connectivity index (χ0v) is 14.6. The van der Waals surface area contributed by atoms with Crippen molar-refractivity contribution in [3.63, 3.8) is 0 Å². The highest BCUT2D eigenvalue weighted by Crippen LogP contribution is 2.10. The third-order valence-corrected chi connectivity index (χ3v) is 4.30. The van der Waals surface area contributed by atoms with Crippen molar-refractivity contribution in [1.82, 2.24) is 20.5 Å². The van der Waals surface area contributed by atoms with Crippen molar-refractivity contribution in [2.75, 3.05) is 33.2 Å². The zero-order chi connectivity index (χ0) is 15.5. The lowest BCUT2D eigenvalue weighted by molar-refractivity contribution is 0.297. The third kappa shape index (κ3) is 7.43. The number of thiazole rings is 1. The summed E-state index contributed by atoms with van der Waals surface area (Å²) >= 11 is 1.72. The van der Waals surface area contributed by atoms with E-state index in [1.165, 1.54) is 17.8 Å². The van der Waals surface area contributed by atoms with Gasteiger partial charge in [0.1, 0.15) is 5.01 Å². The lowest BCUT2D eigenvalue weighted by atomic mass is 10.3. The van der Waals surface area contributed by atoms with Crippen LogP contribution in [0.5, 0.6) is 0 Å². The molecule has 0 saturated carbocycles. The number of nitrogens with zero attached hydrogens (tertiary/aromatic N) is 3. The zero-order valence-electron chi connectivity index (χ0n) is 13.8. The van der Waals surface area contributed by atoms with E-state index in [4.69, 9.17) is 0 Å². The number of rotatable bonds is 9. The van der Waals surface area contributed by atoms with Gasteiger partial charge in [0, 0.05) is 24.7 Å². The van der Waals surface area contributed by atoms with E-state index in [0.717, 1.165) is 43.6 Å². The Morgan fingerprint density at radius 1 is 1.29 bits per heavy atom. The van der Waals surface area contributed by atoms with Crippen LogP contribution < -0.4 is 10.6 Å². The molecule has 2 N–H and O–H groups in total. The van der Waals surface area contributed by atoms with Gasteiger partial charge in [0.15, 0.2) is 5.96 Å². The summed E-state index contributed by atoms with van der Waals surface area (Å²) in [5.74, 6) is 0.852. The average Bonchev–Trinajstić information content (AvgIpc) is 2.91. The minimum absolute atomic E-state index is 0.734. The first-order valence-electron chi connectivity index (χ1n) is 7.77. The molecule has 0 bridgehead atoms. The number of aromatic nitrogens is 1. The molecule has 1 aromatic rings. The molecule has 21 heavy (non-hydrogen) atoms. The average molecular weight is 311 g/mol. The summed E-state index contributed by atoms with van der Waals surface area (Å²) in [6.07, 6.45) is 4.29. The van der Waals surface area contributed by atoms with Crippen molar-refractivity contribution < 1.29 is 0 Å². The van der Waals surface area contributed by atoms with E-state index < -0.39 is 0 Å². The molecule has 0 aromatic carbocycles. The molecule has 1 heterocycles. The number of hydrogen-bond acceptors (Lipinski definition) is 4. The molecule has 5 nitrogen and oxygen atoms in total. The smallest absolute Gasteiger partial charge is 0.191 e. The van der Waals surface area contributed by atoms with Crippen LogP contribution in [0.25, 0.3) is 0 Å². The number of aliphatic imine (C=N–C) groups is 1. The first-order chi connectivity index (χ1) is 10.2. The normalized spacial score (nSPS) is 12.0. The van der Waals surface area contributed by atoms with Crippen LogP contribution in [0.3, 0.4) is 0 Å². The lowest BCUT2D eigenvalue weighted by Crippen LogP contribution is -2.37. The standard InChI is InChI=1S/C15H29N5S/c1-5-20(6-2)10-8-7-9-17-15(16-4)19-12-14-18-11-13(3)21-14/h11H,5-10,12H2,1-4H3,(H2,16,17,19). The second kappa shape index (κ2) is 10.6. The largest absolute Gasteiger partial charge is 0.356 e. The van der Waals surface area contributed by atoms with Crippen molar-refractivity contribution in [3.05, 3.63) is 16.1 Å². The van der Waals surface area contributed by atoms with Crippen molar-refractivity contribution in [2.45, 2.75) is 40.2 Å². The molecule has 0 amide bonds. The Morgan fingerprint density at radius 2 is 2.05 bits per heavy atom. The number of unbranched alkanes of at least 4 members (excludes halogenated alkanes) is 1. The Bertz CT molecular complexity index is 412. The van der Waals surface area contributed by atoms with E-state index in [2.05, 4.69) is 46.3 Å². The van der Waals surface area contributed by atoms with Gasteiger partial charge in [0.25, 0.3) is 0 Å². The third-order valence-electron chi connectivity index (χ3n) is 3.39. The SMILES string of the molecule is CCN(CC)CCCCNC(=NC)NCc1ncc(C)s1. The first kappa shape index (κ1) is 17.9. The summed E-state index contributed by atoms with van der Waals surface area (Å²) < 4.78 is 0. The van der Waals surface area contributed by atoms with Gasteiger partial charge in [0.05, 0.1) is 6.54 Å². The lowest BCUT2D eigenvalue weighted by Gasteiger charge is -2.17. The summed E-state index contributed by atoms with van der Waals surface area (Å²) in [7, 11) is 1.80. The monoisotopic (exact) mass is 311 g/mol. The Balaban J connectivity index is 2.14. The van der Waals surface area contributed by atoms with Gasteiger partial charge in [-0.15, -0.1) is 11.3 Å². The maximum Gasteiger partial charge on any atom is 0.191 e. The van der Waals surface area contributed by atoms with E-state index in [0.29, 0.717) is 0 Å². The fourth-order valence-corrected chi connectivity index (χ4v) is 2.80. The maximum absolute atomic E-state index is 4.34. The Labute approximate surface area is 132 Å². The molecule has 0 spiro atoms. The number of guanidine groups is 1. The molecule has 0 fully saturated rings. The van der Waals surface area contributed by atoms with Gasteiger partial charge in [-0.3, -0.25) is 4.99 Å². The predicted molar refractivity (Wildman–Crippen MR) is 92.1 cm³/mol. The van der Waals surface area contributed by atoms with Crippen LogP contribution in [0, 0.1) is 6.92 Å². The van der Waals surface area contributed by atoms with Crippen molar-refractivity contribution >= 4 is 17.3 Å². The number of hydrogen-bond donors (Lipinski definition) is 2. The fraction of sp³-hybridized carbons (Fsp3) is 0.733. The summed E-state index contributed by atoms with van der Waals surface area (Å²) in [4.78, 5) is 12.3. The Kier molecular flexibility index (Phi) is 9.01. The highest BCUT2D eigenvalue weighted by molar-refractivity contribution is 7.11. The fourth-order valence-electron chi connectivity index (χ4n) is 2.07. The van der Waals surface area contributed by atoms with Gasteiger partial charge >= 0.3 is 0 Å². The Morgan fingerprint density at radius 3 is 2.62 bits per heavy atom. The summed E-state index contributed by atoms with van der Waals surface area (Å²) in [6.45, 7) is 11.7. The summed E-state index contributed by atoms with van der Waals surface area (Å²) in [6, 6.07) is 0. The molecule has 0 aliphatic rings. The maximum atomic E-state index is 4.34. The molecule has 120 valence electrons. The van der Waals surface area contributed by atoms with E-state index in [-0.39, 0.29) is 0 Å². The van der Waals surface area contributed by atoms with Crippen LogP contribution in [0.4, 0.5) is 0 Å². The molecule has 0 atom stereocenters. The van der Waals surface area contributed by atoms with Gasteiger partial charge in [-0.1, -0.05) is 13.8 Å². The molecule has 0 radical (unpaired) electrons. The van der Waals surface area contributed by atoms with Crippen molar-refractivity contribution in [3.8, 4) is 0 Å². The Hall–Kier alpha value is -1.14. The molecular formula is C15H29N5S. The van der Waals surface area contributed by atoms with Gasteiger partial charge in [-0.05, 0) is 39.4 Å². The van der Waals surface area contributed by atoms with Gasteiger partial charge < -0.3 is 15.5 Å². The summed E-state index contributed by atoms with van der Waals surface area (Å²) in [5, 5.41) is 7.75. The summed E-state index contributed by atoms with van der Waals surface area (Å²) in [5.41, 5.74) is 0. The van der Waals surface area contributed by atoms with Crippen LogP contribution in [-0.2, 0) is 6.54 Å². The second-order valence-electron chi connectivity index (χ2n) is 4.95. The number of aryl methyl sites for hydroxylation is 1. The molecular weight excluding hydrogens is 282 g/mol. The molecule has 1 rings (SSSR count). The van der Waals surface area contributed by atoms with E-state index in [1.54, 1.807) is 18.4 Å². The highest BCUT2D eigenvalue weighted by atomic mass is 32.1. The second-order valence-corrected chi connectivity index (χ2v) is 6.27. The molecule has 0 unspecified atom stereocenters. The first-order valence-corrected chi connectivity index (χ1v) is 8.59. The quantitative estimate of drug-likeness (QED) is 0.417. The van der Waals surface area contributed by atoms with Crippen LogP contribution in [0.1, 0.15) is 36.6 Å². The molecule has 0 aliphatic carbocycles. The van der Waals surface area contributed by atoms with Crippen LogP contribution in [0.15, 0.2) is 11.2 Å².